The van der Waals surface area contributed by atoms with Crippen LogP contribution in [0.15, 0.2) is 12.2 Å². The number of aliphatic hydroxyl groups excluding tert-OH is 1. The molecule has 1 aliphatic rings. The summed E-state index contributed by atoms with van der Waals surface area (Å²) in [4.78, 5) is 0. The van der Waals surface area contributed by atoms with Gasteiger partial charge in [-0.1, -0.05) is 19.1 Å². The van der Waals surface area contributed by atoms with E-state index >= 15 is 0 Å². The van der Waals surface area contributed by atoms with Crippen molar-refractivity contribution in [2.24, 2.45) is 5.92 Å². The van der Waals surface area contributed by atoms with Crippen LogP contribution in [-0.2, 0) is 4.74 Å². The summed E-state index contributed by atoms with van der Waals surface area (Å²) in [5.41, 5.74) is 0. The summed E-state index contributed by atoms with van der Waals surface area (Å²) in [6.07, 6.45) is 4.13. The Kier molecular flexibility index (Phi) is 2.25. The zero-order valence-electron chi connectivity index (χ0n) is 5.58. The van der Waals surface area contributed by atoms with Crippen molar-refractivity contribution in [1.29, 1.82) is 0 Å². The Morgan fingerprint density at radius 2 is 2.67 bits per heavy atom. The van der Waals surface area contributed by atoms with Gasteiger partial charge in [-0.3, -0.25) is 0 Å². The van der Waals surface area contributed by atoms with Crippen molar-refractivity contribution in [1.82, 2.24) is 0 Å². The standard InChI is InChI=1S/C7H12O2/c1-6(5-8)7-3-2-4-9-7/h2-3,6-8H,4-5H2,1H3/t6-,7?/m1/s1. The lowest BCUT2D eigenvalue weighted by atomic mass is 10.1. The van der Waals surface area contributed by atoms with E-state index in [1.54, 1.807) is 0 Å². The van der Waals surface area contributed by atoms with E-state index in [-0.39, 0.29) is 18.6 Å². The topological polar surface area (TPSA) is 29.5 Å². The Morgan fingerprint density at radius 1 is 1.89 bits per heavy atom. The van der Waals surface area contributed by atoms with Crippen LogP contribution < -0.4 is 0 Å². The van der Waals surface area contributed by atoms with Gasteiger partial charge >= 0.3 is 0 Å². The quantitative estimate of drug-likeness (QED) is 0.551. The number of aliphatic hydroxyl groups is 1. The highest BCUT2D eigenvalue weighted by Gasteiger charge is 2.16. The SMILES string of the molecule is C[C@H](CO)C1C=CCO1. The maximum absolute atomic E-state index is 8.68. The monoisotopic (exact) mass is 128 g/mol. The van der Waals surface area contributed by atoms with E-state index in [2.05, 4.69) is 0 Å². The molecule has 0 bridgehead atoms. The summed E-state index contributed by atoms with van der Waals surface area (Å²) in [7, 11) is 0. The molecule has 0 aliphatic carbocycles. The second kappa shape index (κ2) is 2.99. The molecule has 52 valence electrons. The third kappa shape index (κ3) is 1.53. The first-order chi connectivity index (χ1) is 4.34. The first kappa shape index (κ1) is 6.78. The first-order valence-electron chi connectivity index (χ1n) is 3.23. The second-order valence-corrected chi connectivity index (χ2v) is 2.39. The lowest BCUT2D eigenvalue weighted by molar-refractivity contribution is 0.0604. The van der Waals surface area contributed by atoms with Gasteiger partial charge in [-0.15, -0.1) is 0 Å². The van der Waals surface area contributed by atoms with E-state index in [0.29, 0.717) is 6.61 Å². The largest absolute Gasteiger partial charge is 0.396 e. The highest BCUT2D eigenvalue weighted by atomic mass is 16.5. The van der Waals surface area contributed by atoms with Crippen molar-refractivity contribution in [2.75, 3.05) is 13.2 Å². The van der Waals surface area contributed by atoms with Crippen molar-refractivity contribution in [3.05, 3.63) is 12.2 Å². The van der Waals surface area contributed by atoms with Crippen LogP contribution >= 0.6 is 0 Å². The molecule has 2 atom stereocenters. The first-order valence-corrected chi connectivity index (χ1v) is 3.23. The summed E-state index contributed by atoms with van der Waals surface area (Å²) in [6, 6.07) is 0. The van der Waals surface area contributed by atoms with Crippen molar-refractivity contribution in [2.45, 2.75) is 13.0 Å². The molecule has 0 aromatic heterocycles. The molecule has 1 unspecified atom stereocenters. The number of hydrogen-bond donors (Lipinski definition) is 1. The van der Waals surface area contributed by atoms with Gasteiger partial charge in [0.2, 0.25) is 0 Å². The summed E-state index contributed by atoms with van der Waals surface area (Å²) in [5.74, 6) is 0.240. The van der Waals surface area contributed by atoms with Gasteiger partial charge in [-0.25, -0.2) is 0 Å². The molecule has 0 aromatic rings. The van der Waals surface area contributed by atoms with Crippen LogP contribution in [0.1, 0.15) is 6.92 Å². The lowest BCUT2D eigenvalue weighted by Crippen LogP contribution is -2.19. The molecule has 2 heteroatoms. The Labute approximate surface area is 55.1 Å². The highest BCUT2D eigenvalue weighted by Crippen LogP contribution is 2.12. The Morgan fingerprint density at radius 3 is 3.11 bits per heavy atom. The normalized spacial score (nSPS) is 28.9. The molecule has 0 amide bonds. The third-order valence-corrected chi connectivity index (χ3v) is 1.56. The van der Waals surface area contributed by atoms with Gasteiger partial charge < -0.3 is 9.84 Å². The average Bonchev–Trinajstić information content (AvgIpc) is 2.37. The van der Waals surface area contributed by atoms with Crippen LogP contribution in [0.25, 0.3) is 0 Å². The van der Waals surface area contributed by atoms with Gasteiger partial charge in [0.15, 0.2) is 0 Å². The fourth-order valence-corrected chi connectivity index (χ4v) is 0.870. The van der Waals surface area contributed by atoms with Gasteiger partial charge in [-0.05, 0) is 0 Å². The lowest BCUT2D eigenvalue weighted by Gasteiger charge is -2.13. The Hall–Kier alpha value is -0.340. The van der Waals surface area contributed by atoms with E-state index in [4.69, 9.17) is 9.84 Å². The predicted octanol–water partition coefficient (Wildman–Crippen LogP) is 0.570. The molecular formula is C7H12O2. The summed E-state index contributed by atoms with van der Waals surface area (Å²) in [6.45, 7) is 2.88. The minimum absolute atomic E-state index is 0.148. The van der Waals surface area contributed by atoms with E-state index in [1.165, 1.54) is 0 Å². The van der Waals surface area contributed by atoms with Gasteiger partial charge in [0.25, 0.3) is 0 Å². The highest BCUT2D eigenvalue weighted by molar-refractivity contribution is 4.97. The van der Waals surface area contributed by atoms with E-state index in [1.807, 2.05) is 19.1 Å². The van der Waals surface area contributed by atoms with Gasteiger partial charge in [0.05, 0.1) is 12.7 Å². The third-order valence-electron chi connectivity index (χ3n) is 1.56. The molecule has 9 heavy (non-hydrogen) atoms. The second-order valence-electron chi connectivity index (χ2n) is 2.39. The molecule has 0 spiro atoms. The van der Waals surface area contributed by atoms with Crippen LogP contribution in [0.4, 0.5) is 0 Å². The molecule has 0 saturated carbocycles. The van der Waals surface area contributed by atoms with Crippen molar-refractivity contribution in [3.8, 4) is 0 Å². The van der Waals surface area contributed by atoms with Gasteiger partial charge in [-0.2, -0.15) is 0 Å². The molecular weight excluding hydrogens is 116 g/mol. The number of rotatable bonds is 2. The molecule has 0 aromatic carbocycles. The van der Waals surface area contributed by atoms with Crippen LogP contribution in [0.3, 0.4) is 0 Å². The molecule has 1 N–H and O–H groups in total. The number of hydrogen-bond acceptors (Lipinski definition) is 2. The zero-order valence-corrected chi connectivity index (χ0v) is 5.58. The predicted molar refractivity (Wildman–Crippen MR) is 35.1 cm³/mol. The van der Waals surface area contributed by atoms with Crippen molar-refractivity contribution in [3.63, 3.8) is 0 Å². The van der Waals surface area contributed by atoms with E-state index in [0.717, 1.165) is 0 Å². The van der Waals surface area contributed by atoms with Gasteiger partial charge in [0, 0.05) is 12.5 Å². The Bertz CT molecular complexity index is 109. The molecule has 0 fully saturated rings. The van der Waals surface area contributed by atoms with Crippen LogP contribution in [0, 0.1) is 5.92 Å². The minimum Gasteiger partial charge on any atom is -0.396 e. The van der Waals surface area contributed by atoms with E-state index in [9.17, 15) is 0 Å². The summed E-state index contributed by atoms with van der Waals surface area (Å²) < 4.78 is 5.23. The molecule has 0 radical (unpaired) electrons. The molecule has 1 heterocycles. The summed E-state index contributed by atoms with van der Waals surface area (Å²) >= 11 is 0. The van der Waals surface area contributed by atoms with Gasteiger partial charge in [0.1, 0.15) is 0 Å². The van der Waals surface area contributed by atoms with Crippen molar-refractivity contribution >= 4 is 0 Å². The number of ether oxygens (including phenoxy) is 1. The summed E-state index contributed by atoms with van der Waals surface area (Å²) in [5, 5.41) is 8.68. The van der Waals surface area contributed by atoms with Crippen LogP contribution in [0.2, 0.25) is 0 Å². The van der Waals surface area contributed by atoms with Crippen molar-refractivity contribution < 1.29 is 9.84 Å². The molecule has 1 aliphatic heterocycles. The molecule has 2 nitrogen and oxygen atoms in total. The average molecular weight is 128 g/mol. The maximum Gasteiger partial charge on any atom is 0.0808 e. The Balaban J connectivity index is 2.33. The van der Waals surface area contributed by atoms with E-state index < -0.39 is 0 Å². The fourth-order valence-electron chi connectivity index (χ4n) is 0.870. The van der Waals surface area contributed by atoms with Crippen LogP contribution in [0.5, 0.6) is 0 Å². The zero-order chi connectivity index (χ0) is 6.69. The van der Waals surface area contributed by atoms with Crippen LogP contribution in [-0.4, -0.2) is 24.4 Å². The minimum atomic E-state index is 0.148. The smallest absolute Gasteiger partial charge is 0.0808 e. The maximum atomic E-state index is 8.68. The molecule has 0 saturated heterocycles. The fraction of sp³-hybridized carbons (Fsp3) is 0.714. The molecule has 1 rings (SSSR count).